The first kappa shape index (κ1) is 16.1. The van der Waals surface area contributed by atoms with Crippen molar-refractivity contribution in [2.45, 2.75) is 25.9 Å². The molecule has 0 fully saturated rings. The summed E-state index contributed by atoms with van der Waals surface area (Å²) >= 11 is 3.49. The zero-order chi connectivity index (χ0) is 15.6. The van der Waals surface area contributed by atoms with E-state index in [1.165, 1.54) is 0 Å². The number of nitrogens with one attached hydrogen (secondary N) is 1. The summed E-state index contributed by atoms with van der Waals surface area (Å²) in [6.45, 7) is 1.27. The molecule has 0 unspecified atom stereocenters. The van der Waals surface area contributed by atoms with Crippen molar-refractivity contribution < 1.29 is 18.0 Å². The molecule has 7 heteroatoms. The number of halogens is 4. The Labute approximate surface area is 129 Å². The highest BCUT2D eigenvalue weighted by Crippen LogP contribution is 2.35. The number of amides is 1. The van der Waals surface area contributed by atoms with Crippen molar-refractivity contribution in [2.24, 2.45) is 0 Å². The Morgan fingerprint density at radius 1 is 1.43 bits per heavy atom. The highest BCUT2D eigenvalue weighted by Gasteiger charge is 2.29. The van der Waals surface area contributed by atoms with E-state index in [9.17, 15) is 18.0 Å². The van der Waals surface area contributed by atoms with Gasteiger partial charge in [0.2, 0.25) is 5.91 Å². The smallest absolute Gasteiger partial charge is 0.362 e. The number of hydrogen-bond acceptors (Lipinski definition) is 2. The number of alkyl halides is 3. The average molecular weight is 365 g/mol. The molecule has 116 valence electrons. The van der Waals surface area contributed by atoms with Gasteiger partial charge in [-0.3, -0.25) is 4.79 Å². The van der Waals surface area contributed by atoms with Gasteiger partial charge < -0.3 is 10.2 Å². The van der Waals surface area contributed by atoms with Gasteiger partial charge in [0.05, 0.1) is 6.54 Å². The molecule has 1 N–H and O–H groups in total. The molecule has 0 aromatic heterocycles. The van der Waals surface area contributed by atoms with Gasteiger partial charge in [0.25, 0.3) is 0 Å². The van der Waals surface area contributed by atoms with Crippen LogP contribution in [0.15, 0.2) is 16.6 Å². The van der Waals surface area contributed by atoms with E-state index in [4.69, 9.17) is 0 Å². The van der Waals surface area contributed by atoms with Crippen molar-refractivity contribution in [3.63, 3.8) is 0 Å². The van der Waals surface area contributed by atoms with Gasteiger partial charge in [0.15, 0.2) is 0 Å². The number of hydrogen-bond donors (Lipinski definition) is 1. The van der Waals surface area contributed by atoms with Gasteiger partial charge in [-0.05, 0) is 37.0 Å². The van der Waals surface area contributed by atoms with Crippen molar-refractivity contribution in [3.05, 3.63) is 27.7 Å². The Morgan fingerprint density at radius 2 is 2.14 bits per heavy atom. The second kappa shape index (κ2) is 6.25. The first-order chi connectivity index (χ1) is 9.78. The molecule has 1 aliphatic heterocycles. The lowest BCUT2D eigenvalue weighted by molar-refractivity contribution is -0.137. The van der Waals surface area contributed by atoms with Crippen molar-refractivity contribution in [3.8, 4) is 0 Å². The molecule has 3 nitrogen and oxygen atoms in total. The molecular formula is C14H16BrF3N2O. The summed E-state index contributed by atoms with van der Waals surface area (Å²) in [6, 6.07) is 3.90. The fourth-order valence-corrected chi connectivity index (χ4v) is 3.07. The quantitative estimate of drug-likeness (QED) is 0.893. The second-order valence-corrected chi connectivity index (χ2v) is 5.96. The second-order valence-electron chi connectivity index (χ2n) is 5.11. The van der Waals surface area contributed by atoms with Gasteiger partial charge in [0, 0.05) is 16.7 Å². The van der Waals surface area contributed by atoms with E-state index >= 15 is 0 Å². The number of anilines is 1. The molecule has 0 bridgehead atoms. The zero-order valence-corrected chi connectivity index (χ0v) is 13.1. The van der Waals surface area contributed by atoms with Crippen molar-refractivity contribution in [1.82, 2.24) is 5.32 Å². The summed E-state index contributed by atoms with van der Waals surface area (Å²) < 4.78 is 37.3. The zero-order valence-electron chi connectivity index (χ0n) is 11.6. The molecule has 1 aromatic carbocycles. The van der Waals surface area contributed by atoms with Crippen LogP contribution >= 0.6 is 15.9 Å². The molecule has 0 saturated carbocycles. The van der Waals surface area contributed by atoms with E-state index in [0.717, 1.165) is 34.1 Å². The minimum atomic E-state index is -4.38. The topological polar surface area (TPSA) is 32.3 Å². The fourth-order valence-electron chi connectivity index (χ4n) is 2.55. The Balaban J connectivity index is 2.10. The van der Waals surface area contributed by atoms with Gasteiger partial charge in [-0.25, -0.2) is 0 Å². The average Bonchev–Trinajstić information content (AvgIpc) is 2.40. The Morgan fingerprint density at radius 3 is 2.81 bits per heavy atom. The van der Waals surface area contributed by atoms with Crippen LogP contribution in [0.5, 0.6) is 0 Å². The number of fused-ring (bicyclic) bond motifs is 1. The predicted molar refractivity (Wildman–Crippen MR) is 78.5 cm³/mol. The maximum atomic E-state index is 12.1. The number of nitrogens with zero attached hydrogens (tertiary/aromatic N) is 1. The van der Waals surface area contributed by atoms with Crippen LogP contribution in [0.25, 0.3) is 0 Å². The van der Waals surface area contributed by atoms with E-state index in [1.807, 2.05) is 29.3 Å². The summed E-state index contributed by atoms with van der Waals surface area (Å²) in [7, 11) is 0. The molecule has 2 rings (SSSR count). The molecule has 1 aromatic rings. The predicted octanol–water partition coefficient (Wildman–Crippen LogP) is 3.19. The molecule has 0 atom stereocenters. The third kappa shape index (κ3) is 4.12. The molecule has 0 spiro atoms. The molecule has 0 aliphatic carbocycles. The van der Waals surface area contributed by atoms with Crippen LogP contribution in [0.2, 0.25) is 0 Å². The van der Waals surface area contributed by atoms with Gasteiger partial charge in [-0.15, -0.1) is 0 Å². The minimum Gasteiger partial charge on any atom is -0.362 e. The van der Waals surface area contributed by atoms with Crippen LogP contribution in [0.4, 0.5) is 18.9 Å². The molecule has 1 amide bonds. The summed E-state index contributed by atoms with van der Waals surface area (Å²) in [5.41, 5.74) is 3.10. The standard InChI is InChI=1S/C14H16BrF3N2O/c1-9-4-5-11(15)10-3-2-6-20(13(9)10)7-12(21)19-8-14(16,17)18/h4-5H,2-3,6-8H2,1H3,(H,19,21). The van der Waals surface area contributed by atoms with Gasteiger partial charge in [0.1, 0.15) is 6.54 Å². The Hall–Kier alpha value is -1.24. The lowest BCUT2D eigenvalue weighted by Gasteiger charge is -2.33. The molecule has 1 aliphatic rings. The largest absolute Gasteiger partial charge is 0.405 e. The summed E-state index contributed by atoms with van der Waals surface area (Å²) in [5, 5.41) is 1.92. The van der Waals surface area contributed by atoms with Gasteiger partial charge in [-0.1, -0.05) is 22.0 Å². The van der Waals surface area contributed by atoms with Crippen LogP contribution in [-0.4, -0.2) is 31.7 Å². The third-order valence-electron chi connectivity index (χ3n) is 3.42. The minimum absolute atomic E-state index is 0.0552. The van der Waals surface area contributed by atoms with Crippen LogP contribution in [-0.2, 0) is 11.2 Å². The van der Waals surface area contributed by atoms with Gasteiger partial charge >= 0.3 is 6.18 Å². The van der Waals surface area contributed by atoms with Crippen LogP contribution in [0.3, 0.4) is 0 Å². The number of carbonyl (C=O) groups is 1. The van der Waals surface area contributed by atoms with Crippen molar-refractivity contribution in [1.29, 1.82) is 0 Å². The van der Waals surface area contributed by atoms with Crippen LogP contribution < -0.4 is 10.2 Å². The van der Waals surface area contributed by atoms with Gasteiger partial charge in [-0.2, -0.15) is 13.2 Å². The van der Waals surface area contributed by atoms with E-state index < -0.39 is 18.6 Å². The van der Waals surface area contributed by atoms with E-state index in [1.54, 1.807) is 0 Å². The van der Waals surface area contributed by atoms with E-state index in [-0.39, 0.29) is 6.54 Å². The highest BCUT2D eigenvalue weighted by atomic mass is 79.9. The fraction of sp³-hybridized carbons (Fsp3) is 0.500. The lowest BCUT2D eigenvalue weighted by atomic mass is 9.98. The van der Waals surface area contributed by atoms with Crippen molar-refractivity contribution in [2.75, 3.05) is 24.5 Å². The maximum absolute atomic E-state index is 12.1. The summed E-state index contributed by atoms with van der Waals surface area (Å²) in [5.74, 6) is -0.612. The number of benzene rings is 1. The molecule has 0 radical (unpaired) electrons. The Bertz CT molecular complexity index is 546. The summed E-state index contributed by atoms with van der Waals surface area (Å²) in [4.78, 5) is 13.6. The normalized spacial score (nSPS) is 14.8. The monoisotopic (exact) mass is 364 g/mol. The third-order valence-corrected chi connectivity index (χ3v) is 4.16. The molecule has 21 heavy (non-hydrogen) atoms. The van der Waals surface area contributed by atoms with Crippen LogP contribution in [0.1, 0.15) is 17.5 Å². The van der Waals surface area contributed by atoms with Crippen molar-refractivity contribution >= 4 is 27.5 Å². The molecule has 1 heterocycles. The first-order valence-electron chi connectivity index (χ1n) is 6.64. The number of carbonyl (C=O) groups excluding carboxylic acids is 1. The first-order valence-corrected chi connectivity index (χ1v) is 7.43. The lowest BCUT2D eigenvalue weighted by Crippen LogP contribution is -2.43. The number of aryl methyl sites for hydroxylation is 1. The van der Waals surface area contributed by atoms with E-state index in [2.05, 4.69) is 15.9 Å². The molecular weight excluding hydrogens is 349 g/mol. The summed E-state index contributed by atoms with van der Waals surface area (Å²) in [6.07, 6.45) is -2.60. The van der Waals surface area contributed by atoms with Crippen LogP contribution in [0, 0.1) is 6.92 Å². The molecule has 0 saturated heterocycles. The Kier molecular flexibility index (Phi) is 4.81. The number of rotatable bonds is 3. The SMILES string of the molecule is Cc1ccc(Br)c2c1N(CC(=O)NCC(F)(F)F)CCC2. The maximum Gasteiger partial charge on any atom is 0.405 e. The highest BCUT2D eigenvalue weighted by molar-refractivity contribution is 9.10. The van der Waals surface area contributed by atoms with E-state index in [0.29, 0.717) is 6.54 Å².